The average Bonchev–Trinajstić information content (AvgIpc) is 3.12. The molecule has 10 nitrogen and oxygen atoms in total. The van der Waals surface area contributed by atoms with E-state index in [0.717, 1.165) is 27.5 Å². The zero-order chi connectivity index (χ0) is 24.1. The minimum absolute atomic E-state index is 0.216. The predicted molar refractivity (Wildman–Crippen MR) is 123 cm³/mol. The Morgan fingerprint density at radius 3 is 2.76 bits per heavy atom. The number of carbonyl (C=O) groups excluding carboxylic acids is 1. The molecule has 11 heteroatoms. The van der Waals surface area contributed by atoms with Gasteiger partial charge < -0.3 is 9.15 Å². The van der Waals surface area contributed by atoms with Crippen molar-refractivity contribution in [1.29, 1.82) is 0 Å². The normalized spacial score (nSPS) is 15.3. The van der Waals surface area contributed by atoms with Gasteiger partial charge in [-0.25, -0.2) is 19.0 Å². The molecule has 1 aliphatic rings. The number of oxazole rings is 1. The van der Waals surface area contributed by atoms with Gasteiger partial charge in [-0.3, -0.25) is 9.36 Å². The second-order valence-corrected chi connectivity index (χ2v) is 8.41. The van der Waals surface area contributed by atoms with Gasteiger partial charge in [0.1, 0.15) is 0 Å². The molecule has 2 heterocycles. The van der Waals surface area contributed by atoms with Crippen molar-refractivity contribution in [1.82, 2.24) is 18.9 Å². The summed E-state index contributed by atoms with van der Waals surface area (Å²) >= 11 is 6.38. The van der Waals surface area contributed by atoms with Gasteiger partial charge in [0.2, 0.25) is 5.69 Å². The minimum atomic E-state index is -0.970. The van der Waals surface area contributed by atoms with Crippen molar-refractivity contribution in [3.63, 3.8) is 0 Å². The number of carbonyl (C=O) groups is 1. The molecule has 5 rings (SSSR count). The lowest BCUT2D eigenvalue weighted by Crippen LogP contribution is -2.46. The number of aromatic nitrogens is 4. The molecule has 2 aromatic heterocycles. The number of hydrogen-bond donors (Lipinski definition) is 0. The van der Waals surface area contributed by atoms with Gasteiger partial charge in [0.25, 0.3) is 5.56 Å². The Balaban J connectivity index is 1.80. The lowest BCUT2D eigenvalue weighted by Gasteiger charge is -2.27. The highest BCUT2D eigenvalue weighted by Gasteiger charge is 2.30. The molecule has 1 unspecified atom stereocenters. The third-order valence-corrected chi connectivity index (χ3v) is 6.49. The number of aryl methyl sites for hydroxylation is 1. The number of esters is 1. The zero-order valence-electron chi connectivity index (χ0n) is 18.3. The van der Waals surface area contributed by atoms with E-state index in [1.54, 1.807) is 31.3 Å². The highest BCUT2D eigenvalue weighted by Crippen LogP contribution is 2.35. The fourth-order valence-electron chi connectivity index (χ4n) is 4.46. The first-order valence-corrected chi connectivity index (χ1v) is 10.9. The molecule has 34 heavy (non-hydrogen) atoms. The predicted octanol–water partition coefficient (Wildman–Crippen LogP) is 2.20. The van der Waals surface area contributed by atoms with Crippen LogP contribution in [0.5, 0.6) is 0 Å². The summed E-state index contributed by atoms with van der Waals surface area (Å²) in [7, 11) is 2.68. The second kappa shape index (κ2) is 8.14. The van der Waals surface area contributed by atoms with E-state index in [9.17, 15) is 19.2 Å². The topological polar surface area (TPSA) is 118 Å². The number of hydrogen-bond acceptors (Lipinski definition) is 7. The number of ether oxygens (including phenoxy) is 1. The number of rotatable bonds is 3. The molecule has 4 aromatic rings. The molecule has 1 aliphatic carbocycles. The first kappa shape index (κ1) is 21.9. The Bertz CT molecular complexity index is 1640. The molecular formula is C23H19ClN4O6. The van der Waals surface area contributed by atoms with Crippen molar-refractivity contribution >= 4 is 28.7 Å². The first-order valence-electron chi connectivity index (χ1n) is 10.5. The summed E-state index contributed by atoms with van der Waals surface area (Å²) in [5.41, 5.74) is 0.438. The largest absolute Gasteiger partial charge is 0.464 e. The van der Waals surface area contributed by atoms with Gasteiger partial charge in [-0.1, -0.05) is 23.7 Å². The molecule has 0 fully saturated rings. The van der Waals surface area contributed by atoms with Crippen molar-refractivity contribution in [2.24, 2.45) is 7.05 Å². The summed E-state index contributed by atoms with van der Waals surface area (Å²) in [6.07, 6.45) is 1.91. The average molecular weight is 483 g/mol. The van der Waals surface area contributed by atoms with Crippen molar-refractivity contribution in [3.8, 4) is 5.69 Å². The quantitative estimate of drug-likeness (QED) is 0.411. The maximum atomic E-state index is 13.6. The maximum Gasteiger partial charge on any atom is 0.419 e. The third kappa shape index (κ3) is 3.29. The molecule has 0 amide bonds. The van der Waals surface area contributed by atoms with Crippen LogP contribution in [0.1, 0.15) is 40.5 Å². The Morgan fingerprint density at radius 2 is 2.00 bits per heavy atom. The SMILES string of the molecule is COC(=O)c1nn(-c2ccc3c(c2)oc(=O)n3C)c(=O)n(C2CCCc3c(Cl)cccc32)c1=O. The Labute approximate surface area is 196 Å². The monoisotopic (exact) mass is 482 g/mol. The molecule has 174 valence electrons. The van der Waals surface area contributed by atoms with E-state index in [-0.39, 0.29) is 11.3 Å². The minimum Gasteiger partial charge on any atom is -0.464 e. The van der Waals surface area contributed by atoms with Crippen LogP contribution in [0.2, 0.25) is 5.02 Å². The molecular weight excluding hydrogens is 464 g/mol. The molecule has 0 spiro atoms. The van der Waals surface area contributed by atoms with E-state index in [1.165, 1.54) is 10.6 Å². The molecule has 0 N–H and O–H groups in total. The number of methoxy groups -OCH3 is 1. The fraction of sp³-hybridized carbons (Fsp3) is 0.261. The summed E-state index contributed by atoms with van der Waals surface area (Å²) in [4.78, 5) is 51.3. The van der Waals surface area contributed by atoms with Crippen molar-refractivity contribution in [3.05, 3.63) is 89.6 Å². The van der Waals surface area contributed by atoms with Gasteiger partial charge in [0, 0.05) is 18.1 Å². The Kier molecular flexibility index (Phi) is 5.24. The molecule has 0 saturated heterocycles. The van der Waals surface area contributed by atoms with Crippen molar-refractivity contribution < 1.29 is 13.9 Å². The van der Waals surface area contributed by atoms with Crippen LogP contribution < -0.4 is 17.0 Å². The van der Waals surface area contributed by atoms with Gasteiger partial charge in [-0.05, 0) is 48.6 Å². The number of fused-ring (bicyclic) bond motifs is 2. The summed E-state index contributed by atoms with van der Waals surface area (Å²) < 4.78 is 13.3. The van der Waals surface area contributed by atoms with Crippen LogP contribution >= 0.6 is 11.6 Å². The third-order valence-electron chi connectivity index (χ3n) is 6.14. The standard InChI is InChI=1S/C23H19ClN4O6/c1-26-17-10-9-12(11-18(17)34-23(26)32)28-22(31)27(20(29)19(25-28)21(30)33-2)16-8-4-5-13-14(16)6-3-7-15(13)24/h3,6-7,9-11,16H,4-5,8H2,1-2H3. The van der Waals surface area contributed by atoms with Gasteiger partial charge in [0.05, 0.1) is 24.4 Å². The van der Waals surface area contributed by atoms with Crippen molar-refractivity contribution in [2.75, 3.05) is 7.11 Å². The summed E-state index contributed by atoms with van der Waals surface area (Å²) in [6.45, 7) is 0. The summed E-state index contributed by atoms with van der Waals surface area (Å²) in [5.74, 6) is -1.54. The highest BCUT2D eigenvalue weighted by molar-refractivity contribution is 6.31. The van der Waals surface area contributed by atoms with E-state index in [1.807, 2.05) is 6.07 Å². The van der Waals surface area contributed by atoms with Gasteiger partial charge in [-0.15, -0.1) is 0 Å². The summed E-state index contributed by atoms with van der Waals surface area (Å²) in [5, 5.41) is 4.58. The van der Waals surface area contributed by atoms with Crippen LogP contribution in [-0.4, -0.2) is 32.0 Å². The van der Waals surface area contributed by atoms with Gasteiger partial charge in [-0.2, -0.15) is 9.78 Å². The first-order chi connectivity index (χ1) is 16.3. The molecule has 0 bridgehead atoms. The van der Waals surface area contributed by atoms with Crippen molar-refractivity contribution in [2.45, 2.75) is 25.3 Å². The van der Waals surface area contributed by atoms with Crippen LogP contribution in [0, 0.1) is 0 Å². The molecule has 2 aromatic carbocycles. The van der Waals surface area contributed by atoms with E-state index in [0.29, 0.717) is 29.8 Å². The van der Waals surface area contributed by atoms with Crippen LogP contribution in [0.3, 0.4) is 0 Å². The zero-order valence-corrected chi connectivity index (χ0v) is 19.0. The van der Waals surface area contributed by atoms with E-state index >= 15 is 0 Å². The van der Waals surface area contributed by atoms with Gasteiger partial charge in [0.15, 0.2) is 5.58 Å². The van der Waals surface area contributed by atoms with E-state index in [2.05, 4.69) is 5.10 Å². The molecule has 0 radical (unpaired) electrons. The van der Waals surface area contributed by atoms with Crippen LogP contribution in [0.4, 0.5) is 0 Å². The summed E-state index contributed by atoms with van der Waals surface area (Å²) in [6, 6.07) is 9.30. The van der Waals surface area contributed by atoms with E-state index < -0.39 is 34.7 Å². The number of benzene rings is 2. The second-order valence-electron chi connectivity index (χ2n) is 8.00. The smallest absolute Gasteiger partial charge is 0.419 e. The van der Waals surface area contributed by atoms with Crippen LogP contribution in [-0.2, 0) is 18.2 Å². The Morgan fingerprint density at radius 1 is 1.21 bits per heavy atom. The highest BCUT2D eigenvalue weighted by atomic mass is 35.5. The van der Waals surface area contributed by atoms with Crippen LogP contribution in [0.25, 0.3) is 16.8 Å². The van der Waals surface area contributed by atoms with E-state index in [4.69, 9.17) is 20.8 Å². The lowest BCUT2D eigenvalue weighted by atomic mass is 9.87. The fourth-order valence-corrected chi connectivity index (χ4v) is 4.73. The Hall–Kier alpha value is -3.92. The number of nitrogens with zero attached hydrogens (tertiary/aromatic N) is 4. The molecule has 0 aliphatic heterocycles. The van der Waals surface area contributed by atoms with Gasteiger partial charge >= 0.3 is 17.4 Å². The number of halogens is 1. The van der Waals surface area contributed by atoms with Crippen LogP contribution in [0.15, 0.2) is 55.2 Å². The molecule has 0 saturated carbocycles. The lowest BCUT2D eigenvalue weighted by molar-refractivity contribution is 0.0587. The maximum absolute atomic E-state index is 13.6. The molecule has 1 atom stereocenters.